The van der Waals surface area contributed by atoms with Crippen molar-refractivity contribution in [1.29, 1.82) is 0 Å². The van der Waals surface area contributed by atoms with Crippen molar-refractivity contribution in [2.45, 2.75) is 56.6 Å². The molecule has 2 rings (SSSR count). The van der Waals surface area contributed by atoms with Crippen LogP contribution in [0, 0.1) is 0 Å². The Hall–Kier alpha value is -0.800. The molecule has 18 heavy (non-hydrogen) atoms. The van der Waals surface area contributed by atoms with Crippen molar-refractivity contribution in [2.24, 2.45) is 0 Å². The normalized spacial score (nSPS) is 21.4. The van der Waals surface area contributed by atoms with Crippen LogP contribution in [0.25, 0.3) is 0 Å². The molecule has 0 saturated heterocycles. The van der Waals surface area contributed by atoms with E-state index in [-0.39, 0.29) is 5.60 Å². The van der Waals surface area contributed by atoms with Crippen molar-refractivity contribution in [3.8, 4) is 0 Å². The van der Waals surface area contributed by atoms with Gasteiger partial charge in [-0.2, -0.15) is 0 Å². The van der Waals surface area contributed by atoms with Gasteiger partial charge in [0, 0.05) is 13.2 Å². The molecule has 0 amide bonds. The highest BCUT2D eigenvalue weighted by Crippen LogP contribution is 2.34. The highest BCUT2D eigenvalue weighted by atomic mass is 16.5. The lowest BCUT2D eigenvalue weighted by molar-refractivity contribution is -0.0509. The molecular formula is C15H25NO2. The quantitative estimate of drug-likeness (QED) is 0.816. The van der Waals surface area contributed by atoms with Crippen LogP contribution in [0.1, 0.15) is 44.1 Å². The average molecular weight is 251 g/mol. The molecule has 1 unspecified atom stereocenters. The van der Waals surface area contributed by atoms with E-state index in [1.54, 1.807) is 6.26 Å². The molecule has 3 heteroatoms. The van der Waals surface area contributed by atoms with Crippen molar-refractivity contribution in [3.63, 3.8) is 0 Å². The topological polar surface area (TPSA) is 34.4 Å². The molecule has 1 N–H and O–H groups in total. The third-order valence-corrected chi connectivity index (χ3v) is 4.36. The molecule has 1 fully saturated rings. The van der Waals surface area contributed by atoms with Crippen molar-refractivity contribution in [1.82, 2.24) is 5.32 Å². The van der Waals surface area contributed by atoms with Crippen LogP contribution in [0.4, 0.5) is 0 Å². The Morgan fingerprint density at radius 1 is 1.33 bits per heavy atom. The molecule has 1 saturated carbocycles. The number of furan rings is 1. The van der Waals surface area contributed by atoms with Gasteiger partial charge in [-0.15, -0.1) is 0 Å². The van der Waals surface area contributed by atoms with Crippen LogP contribution in [-0.2, 0) is 11.2 Å². The van der Waals surface area contributed by atoms with E-state index in [0.717, 1.165) is 19.3 Å². The number of rotatable bonds is 5. The van der Waals surface area contributed by atoms with Gasteiger partial charge < -0.3 is 14.5 Å². The lowest BCUT2D eigenvalue weighted by Gasteiger charge is -2.39. The molecule has 0 aliphatic heterocycles. The first-order valence-electron chi connectivity index (χ1n) is 7.04. The van der Waals surface area contributed by atoms with E-state index in [1.165, 1.54) is 31.2 Å². The second kappa shape index (κ2) is 6.39. The Kier molecular flexibility index (Phi) is 4.84. The fraction of sp³-hybridized carbons (Fsp3) is 0.733. The highest BCUT2D eigenvalue weighted by Gasteiger charge is 2.38. The molecule has 0 bridgehead atoms. The maximum Gasteiger partial charge on any atom is 0.0935 e. The Balaban J connectivity index is 2.11. The van der Waals surface area contributed by atoms with Gasteiger partial charge in [0.2, 0.25) is 0 Å². The van der Waals surface area contributed by atoms with E-state index in [1.807, 2.05) is 26.5 Å². The lowest BCUT2D eigenvalue weighted by atomic mass is 9.83. The first-order chi connectivity index (χ1) is 8.80. The fourth-order valence-corrected chi connectivity index (χ4v) is 3.22. The van der Waals surface area contributed by atoms with E-state index in [4.69, 9.17) is 9.15 Å². The summed E-state index contributed by atoms with van der Waals surface area (Å²) in [5.74, 6) is 0. The maximum atomic E-state index is 5.97. The summed E-state index contributed by atoms with van der Waals surface area (Å²) in [7, 11) is 3.90. The molecular weight excluding hydrogens is 226 g/mol. The minimum atomic E-state index is -0.0114. The molecule has 0 aromatic carbocycles. The van der Waals surface area contributed by atoms with Gasteiger partial charge in [0.1, 0.15) is 0 Å². The van der Waals surface area contributed by atoms with Crippen LogP contribution in [0.15, 0.2) is 23.0 Å². The standard InChI is InChI=1S/C15H25NO2/c1-16-14(11-13-7-10-18-12-13)15(17-2)8-5-3-4-6-9-15/h7,10,12,14,16H,3-6,8-9,11H2,1-2H3. The van der Waals surface area contributed by atoms with E-state index >= 15 is 0 Å². The highest BCUT2D eigenvalue weighted by molar-refractivity contribution is 5.10. The van der Waals surface area contributed by atoms with Crippen molar-refractivity contribution >= 4 is 0 Å². The summed E-state index contributed by atoms with van der Waals surface area (Å²) in [6, 6.07) is 2.41. The van der Waals surface area contributed by atoms with E-state index < -0.39 is 0 Å². The summed E-state index contributed by atoms with van der Waals surface area (Å²) in [6.07, 6.45) is 12.1. The van der Waals surface area contributed by atoms with Crippen LogP contribution < -0.4 is 5.32 Å². The van der Waals surface area contributed by atoms with Crippen LogP contribution >= 0.6 is 0 Å². The van der Waals surface area contributed by atoms with Crippen molar-refractivity contribution in [3.05, 3.63) is 24.2 Å². The summed E-state index contributed by atoms with van der Waals surface area (Å²) in [5, 5.41) is 3.46. The molecule has 1 heterocycles. The Bertz CT molecular complexity index is 326. The van der Waals surface area contributed by atoms with Crippen LogP contribution in [0.2, 0.25) is 0 Å². The number of hydrogen-bond donors (Lipinski definition) is 1. The van der Waals surface area contributed by atoms with Gasteiger partial charge in [-0.25, -0.2) is 0 Å². The molecule has 0 spiro atoms. The Labute approximate surface area is 110 Å². The van der Waals surface area contributed by atoms with Gasteiger partial charge in [0.05, 0.1) is 18.1 Å². The van der Waals surface area contributed by atoms with E-state index in [2.05, 4.69) is 5.32 Å². The first-order valence-corrected chi connectivity index (χ1v) is 7.04. The van der Waals surface area contributed by atoms with Crippen molar-refractivity contribution in [2.75, 3.05) is 14.2 Å². The number of hydrogen-bond acceptors (Lipinski definition) is 3. The molecule has 1 aliphatic rings. The van der Waals surface area contributed by atoms with Gasteiger partial charge in [-0.3, -0.25) is 0 Å². The Morgan fingerprint density at radius 2 is 2.06 bits per heavy atom. The van der Waals surface area contributed by atoms with Crippen molar-refractivity contribution < 1.29 is 9.15 Å². The average Bonchev–Trinajstić information content (AvgIpc) is 2.79. The largest absolute Gasteiger partial charge is 0.472 e. The Morgan fingerprint density at radius 3 is 2.56 bits per heavy atom. The number of likely N-dealkylation sites (N-methyl/N-ethyl adjacent to an activating group) is 1. The van der Waals surface area contributed by atoms with Gasteiger partial charge in [0.15, 0.2) is 0 Å². The van der Waals surface area contributed by atoms with Gasteiger partial charge >= 0.3 is 0 Å². The van der Waals surface area contributed by atoms with Crippen LogP contribution in [0.5, 0.6) is 0 Å². The van der Waals surface area contributed by atoms with Gasteiger partial charge in [0.25, 0.3) is 0 Å². The summed E-state index contributed by atoms with van der Waals surface area (Å²) < 4.78 is 11.1. The van der Waals surface area contributed by atoms with Crippen LogP contribution in [-0.4, -0.2) is 25.8 Å². The predicted octanol–water partition coefficient (Wildman–Crippen LogP) is 3.15. The lowest BCUT2D eigenvalue weighted by Crippen LogP contribution is -2.52. The maximum absolute atomic E-state index is 5.97. The number of ether oxygens (including phenoxy) is 1. The molecule has 1 aliphatic carbocycles. The van der Waals surface area contributed by atoms with Gasteiger partial charge in [-0.1, -0.05) is 25.7 Å². The zero-order valence-corrected chi connectivity index (χ0v) is 11.6. The first kappa shape index (κ1) is 13.6. The molecule has 102 valence electrons. The number of methoxy groups -OCH3 is 1. The zero-order chi connectivity index (χ0) is 12.8. The second-order valence-corrected chi connectivity index (χ2v) is 5.36. The fourth-order valence-electron chi connectivity index (χ4n) is 3.22. The summed E-state index contributed by atoms with van der Waals surface area (Å²) in [4.78, 5) is 0. The smallest absolute Gasteiger partial charge is 0.0935 e. The van der Waals surface area contributed by atoms with Gasteiger partial charge in [-0.05, 0) is 37.9 Å². The SMILES string of the molecule is CNC(Cc1ccoc1)C1(OC)CCCCCC1. The summed E-state index contributed by atoms with van der Waals surface area (Å²) in [5.41, 5.74) is 1.23. The van der Waals surface area contributed by atoms with Crippen LogP contribution in [0.3, 0.4) is 0 Å². The van der Waals surface area contributed by atoms with E-state index in [9.17, 15) is 0 Å². The second-order valence-electron chi connectivity index (χ2n) is 5.36. The third-order valence-electron chi connectivity index (χ3n) is 4.36. The third kappa shape index (κ3) is 2.96. The molecule has 3 nitrogen and oxygen atoms in total. The zero-order valence-electron chi connectivity index (χ0n) is 11.6. The minimum Gasteiger partial charge on any atom is -0.472 e. The number of nitrogens with one attached hydrogen (secondary N) is 1. The summed E-state index contributed by atoms with van der Waals surface area (Å²) in [6.45, 7) is 0. The molecule has 1 atom stereocenters. The van der Waals surface area contributed by atoms with E-state index in [0.29, 0.717) is 6.04 Å². The predicted molar refractivity (Wildman–Crippen MR) is 72.7 cm³/mol. The summed E-state index contributed by atoms with van der Waals surface area (Å²) >= 11 is 0. The molecule has 1 aromatic rings. The molecule has 1 aromatic heterocycles. The molecule has 0 radical (unpaired) electrons. The minimum absolute atomic E-state index is 0.0114. The monoisotopic (exact) mass is 251 g/mol.